The molecule has 2 heterocycles. The summed E-state index contributed by atoms with van der Waals surface area (Å²) in [6.07, 6.45) is 3.69. The second kappa shape index (κ2) is 8.58. The average molecular weight is 478 g/mol. The maximum absolute atomic E-state index is 13.0. The standard InChI is InChI=1S/C21H13Cl2NO2S3/c1-28-15-4-2-3-13(10-15)24-20(25)19(29-21(24)27)11-14-6-8-18(26-14)16-7-5-12(22)9-17(16)23/h2-11H,1H3/b19-11+. The molecule has 0 atom stereocenters. The molecule has 1 aliphatic heterocycles. The summed E-state index contributed by atoms with van der Waals surface area (Å²) < 4.78 is 6.37. The van der Waals surface area contributed by atoms with Crippen LogP contribution >= 0.6 is 58.9 Å². The Hall–Kier alpha value is -1.70. The van der Waals surface area contributed by atoms with Gasteiger partial charge in [-0.25, -0.2) is 0 Å². The van der Waals surface area contributed by atoms with Gasteiger partial charge in [-0.2, -0.15) is 0 Å². The van der Waals surface area contributed by atoms with Crippen LogP contribution in [0.5, 0.6) is 0 Å². The fraction of sp³-hybridized carbons (Fsp3) is 0.0476. The Morgan fingerprint density at radius 1 is 1.14 bits per heavy atom. The smallest absolute Gasteiger partial charge is 0.270 e. The summed E-state index contributed by atoms with van der Waals surface area (Å²) in [5.41, 5.74) is 1.49. The third-order valence-corrected chi connectivity index (χ3v) is 6.78. The van der Waals surface area contributed by atoms with Gasteiger partial charge in [-0.15, -0.1) is 11.8 Å². The number of halogens is 2. The summed E-state index contributed by atoms with van der Waals surface area (Å²) in [5.74, 6) is 0.978. The first-order valence-corrected chi connectivity index (χ1v) is 11.6. The first-order chi connectivity index (χ1) is 14.0. The lowest BCUT2D eigenvalue weighted by Crippen LogP contribution is -2.27. The monoisotopic (exact) mass is 477 g/mol. The summed E-state index contributed by atoms with van der Waals surface area (Å²) in [6, 6.07) is 16.5. The van der Waals surface area contributed by atoms with E-state index in [-0.39, 0.29) is 5.91 Å². The first kappa shape index (κ1) is 20.6. The minimum Gasteiger partial charge on any atom is -0.457 e. The topological polar surface area (TPSA) is 33.5 Å². The number of furan rings is 1. The van der Waals surface area contributed by atoms with Crippen molar-refractivity contribution in [2.45, 2.75) is 4.90 Å². The Balaban J connectivity index is 1.62. The zero-order valence-electron chi connectivity index (χ0n) is 15.0. The van der Waals surface area contributed by atoms with Crippen LogP contribution in [-0.4, -0.2) is 16.5 Å². The SMILES string of the molecule is CSc1cccc(N2C(=O)/C(=C\c3ccc(-c4ccc(Cl)cc4Cl)o3)SC2=S)c1. The number of hydrogen-bond acceptors (Lipinski definition) is 5. The molecule has 0 unspecified atom stereocenters. The quantitative estimate of drug-likeness (QED) is 0.222. The van der Waals surface area contributed by atoms with Crippen LogP contribution in [0.4, 0.5) is 5.69 Å². The lowest BCUT2D eigenvalue weighted by molar-refractivity contribution is -0.113. The van der Waals surface area contributed by atoms with Gasteiger partial charge in [0.25, 0.3) is 5.91 Å². The maximum atomic E-state index is 13.0. The van der Waals surface area contributed by atoms with E-state index in [4.69, 9.17) is 39.8 Å². The van der Waals surface area contributed by atoms with E-state index >= 15 is 0 Å². The van der Waals surface area contributed by atoms with E-state index in [0.29, 0.717) is 30.8 Å². The summed E-state index contributed by atoms with van der Waals surface area (Å²) in [4.78, 5) is 16.1. The van der Waals surface area contributed by atoms with Crippen LogP contribution in [-0.2, 0) is 4.79 Å². The number of thiocarbonyl (C=S) groups is 1. The Bertz CT molecular complexity index is 1160. The lowest BCUT2D eigenvalue weighted by Gasteiger charge is -2.15. The van der Waals surface area contributed by atoms with E-state index in [0.717, 1.165) is 16.1 Å². The van der Waals surface area contributed by atoms with Crippen molar-refractivity contribution < 1.29 is 9.21 Å². The number of carbonyl (C=O) groups is 1. The Morgan fingerprint density at radius 3 is 2.72 bits per heavy atom. The zero-order chi connectivity index (χ0) is 20.5. The highest BCUT2D eigenvalue weighted by molar-refractivity contribution is 8.27. The predicted octanol–water partition coefficient (Wildman–Crippen LogP) is 7.38. The van der Waals surface area contributed by atoms with Crippen molar-refractivity contribution in [2.24, 2.45) is 0 Å². The highest BCUT2D eigenvalue weighted by Crippen LogP contribution is 2.38. The third-order valence-electron chi connectivity index (χ3n) is 4.20. The fourth-order valence-corrected chi connectivity index (χ4v) is 5.07. The van der Waals surface area contributed by atoms with Gasteiger partial charge in [0.1, 0.15) is 11.5 Å². The molecule has 1 fully saturated rings. The molecule has 0 aliphatic carbocycles. The summed E-state index contributed by atoms with van der Waals surface area (Å²) >= 11 is 20.5. The van der Waals surface area contributed by atoms with Crippen LogP contribution in [0, 0.1) is 0 Å². The molecule has 146 valence electrons. The average Bonchev–Trinajstić information content (AvgIpc) is 3.26. The molecule has 0 saturated carbocycles. The first-order valence-electron chi connectivity index (χ1n) is 8.43. The van der Waals surface area contributed by atoms with Gasteiger partial charge >= 0.3 is 0 Å². The molecule has 1 saturated heterocycles. The van der Waals surface area contributed by atoms with Crippen LogP contribution in [0.15, 0.2) is 68.8 Å². The van der Waals surface area contributed by atoms with Crippen LogP contribution < -0.4 is 4.90 Å². The van der Waals surface area contributed by atoms with E-state index in [1.165, 1.54) is 11.8 Å². The Kier molecular flexibility index (Phi) is 6.08. The molecule has 8 heteroatoms. The molecule has 3 aromatic rings. The van der Waals surface area contributed by atoms with Crippen molar-refractivity contribution in [2.75, 3.05) is 11.2 Å². The van der Waals surface area contributed by atoms with Crippen molar-refractivity contribution in [1.29, 1.82) is 0 Å². The lowest BCUT2D eigenvalue weighted by atomic mass is 10.2. The number of rotatable bonds is 4. The molecule has 4 rings (SSSR count). The maximum Gasteiger partial charge on any atom is 0.270 e. The van der Waals surface area contributed by atoms with E-state index in [1.54, 1.807) is 47.0 Å². The zero-order valence-corrected chi connectivity index (χ0v) is 19.0. The molecule has 0 spiro atoms. The molecule has 1 amide bonds. The third kappa shape index (κ3) is 4.27. The largest absolute Gasteiger partial charge is 0.457 e. The van der Waals surface area contributed by atoms with Gasteiger partial charge in [-0.3, -0.25) is 9.69 Å². The molecule has 0 radical (unpaired) electrons. The Labute approximate surface area is 192 Å². The number of amides is 1. The van der Waals surface area contributed by atoms with Gasteiger partial charge in [0.05, 0.1) is 15.6 Å². The highest BCUT2D eigenvalue weighted by Gasteiger charge is 2.33. The van der Waals surface area contributed by atoms with E-state index in [1.807, 2.05) is 36.6 Å². The predicted molar refractivity (Wildman–Crippen MR) is 128 cm³/mol. The number of anilines is 1. The number of nitrogens with zero attached hydrogens (tertiary/aromatic N) is 1. The van der Waals surface area contributed by atoms with E-state index < -0.39 is 0 Å². The highest BCUT2D eigenvalue weighted by atomic mass is 35.5. The molecule has 0 N–H and O–H groups in total. The van der Waals surface area contributed by atoms with E-state index in [9.17, 15) is 4.79 Å². The van der Waals surface area contributed by atoms with Crippen molar-refractivity contribution in [3.8, 4) is 11.3 Å². The van der Waals surface area contributed by atoms with Gasteiger partial charge in [0.15, 0.2) is 4.32 Å². The van der Waals surface area contributed by atoms with Gasteiger partial charge in [-0.05, 0) is 54.8 Å². The molecule has 1 aliphatic rings. The van der Waals surface area contributed by atoms with Gasteiger partial charge in [0.2, 0.25) is 0 Å². The fourth-order valence-electron chi connectivity index (χ4n) is 2.83. The van der Waals surface area contributed by atoms with Crippen molar-refractivity contribution in [1.82, 2.24) is 0 Å². The number of thioether (sulfide) groups is 2. The normalized spacial score (nSPS) is 15.6. The van der Waals surface area contributed by atoms with Crippen LogP contribution in [0.3, 0.4) is 0 Å². The minimum atomic E-state index is -0.166. The van der Waals surface area contributed by atoms with Crippen LogP contribution in [0.25, 0.3) is 17.4 Å². The molecule has 29 heavy (non-hydrogen) atoms. The van der Waals surface area contributed by atoms with Crippen LogP contribution in [0.2, 0.25) is 10.0 Å². The number of hydrogen-bond donors (Lipinski definition) is 0. The summed E-state index contributed by atoms with van der Waals surface area (Å²) in [7, 11) is 0. The minimum absolute atomic E-state index is 0.166. The number of benzene rings is 2. The van der Waals surface area contributed by atoms with Crippen molar-refractivity contribution in [3.63, 3.8) is 0 Å². The Morgan fingerprint density at radius 2 is 1.97 bits per heavy atom. The molecule has 3 nitrogen and oxygen atoms in total. The van der Waals surface area contributed by atoms with Gasteiger partial charge in [0, 0.05) is 21.6 Å². The molecular weight excluding hydrogens is 465 g/mol. The van der Waals surface area contributed by atoms with Crippen molar-refractivity contribution in [3.05, 3.63) is 75.3 Å². The summed E-state index contributed by atoms with van der Waals surface area (Å²) in [6.45, 7) is 0. The second-order valence-electron chi connectivity index (χ2n) is 6.04. The molecule has 1 aromatic heterocycles. The molecular formula is C21H13Cl2NO2S3. The van der Waals surface area contributed by atoms with Crippen molar-refractivity contribution >= 4 is 80.9 Å². The van der Waals surface area contributed by atoms with Crippen LogP contribution in [0.1, 0.15) is 5.76 Å². The van der Waals surface area contributed by atoms with E-state index in [2.05, 4.69) is 0 Å². The second-order valence-corrected chi connectivity index (χ2v) is 9.44. The van der Waals surface area contributed by atoms with Gasteiger partial charge < -0.3 is 4.42 Å². The molecule has 2 aromatic carbocycles. The molecule has 0 bridgehead atoms. The summed E-state index contributed by atoms with van der Waals surface area (Å²) in [5, 5.41) is 1.05. The van der Waals surface area contributed by atoms with Gasteiger partial charge in [-0.1, -0.05) is 53.2 Å². The number of carbonyl (C=O) groups excluding carboxylic acids is 1.